The van der Waals surface area contributed by atoms with E-state index in [-0.39, 0.29) is 0 Å². The molecule has 0 bridgehead atoms. The van der Waals surface area contributed by atoms with Gasteiger partial charge in [-0.05, 0) is 90.7 Å². The molecule has 1 aliphatic heterocycles. The van der Waals surface area contributed by atoms with Crippen LogP contribution in [0.3, 0.4) is 0 Å². The molecule has 1 saturated carbocycles. The molecule has 0 atom stereocenters. The predicted octanol–water partition coefficient (Wildman–Crippen LogP) is 5.90. The van der Waals surface area contributed by atoms with Gasteiger partial charge >= 0.3 is 6.09 Å². The van der Waals surface area contributed by atoms with Crippen LogP contribution in [0, 0.1) is 11.2 Å². The summed E-state index contributed by atoms with van der Waals surface area (Å²) in [7, 11) is 0. The van der Waals surface area contributed by atoms with E-state index >= 15 is 0 Å². The van der Waals surface area contributed by atoms with E-state index in [1.54, 1.807) is 36.5 Å². The highest BCUT2D eigenvalue weighted by atomic mass is 19.1. The second-order valence-electron chi connectivity index (χ2n) is 10.1. The lowest BCUT2D eigenvalue weighted by Gasteiger charge is -2.16. The van der Waals surface area contributed by atoms with Crippen molar-refractivity contribution in [3.8, 4) is 11.5 Å². The minimum absolute atomic E-state index is 0.333. The molecule has 3 N–H and O–H groups in total. The lowest BCUT2D eigenvalue weighted by atomic mass is 10.0. The van der Waals surface area contributed by atoms with Crippen LogP contribution in [0.2, 0.25) is 0 Å². The van der Waals surface area contributed by atoms with Gasteiger partial charge in [0.1, 0.15) is 22.7 Å². The van der Waals surface area contributed by atoms with E-state index < -0.39 is 29.1 Å². The van der Waals surface area contributed by atoms with Gasteiger partial charge in [0.2, 0.25) is 11.8 Å². The Labute approximate surface area is 234 Å². The van der Waals surface area contributed by atoms with Crippen LogP contribution in [0.15, 0.2) is 85.1 Å². The molecule has 6 rings (SSSR count). The Bertz CT molecular complexity index is 1700. The van der Waals surface area contributed by atoms with Crippen LogP contribution in [0.5, 0.6) is 11.5 Å². The first-order valence-electron chi connectivity index (χ1n) is 13.0. The minimum Gasteiger partial charge on any atom is -0.465 e. The highest BCUT2D eigenvalue weighted by molar-refractivity contribution is 6.16. The van der Waals surface area contributed by atoms with Crippen molar-refractivity contribution in [2.45, 2.75) is 12.8 Å². The molecule has 1 fully saturated rings. The van der Waals surface area contributed by atoms with Gasteiger partial charge in [-0.1, -0.05) is 12.1 Å². The summed E-state index contributed by atoms with van der Waals surface area (Å²) >= 11 is 0. The van der Waals surface area contributed by atoms with Crippen molar-refractivity contribution in [1.82, 2.24) is 9.88 Å². The Hall–Kier alpha value is -5.25. The fourth-order valence-corrected chi connectivity index (χ4v) is 4.77. The maximum Gasteiger partial charge on any atom is 0.407 e. The van der Waals surface area contributed by atoms with Gasteiger partial charge in [0.05, 0.1) is 5.52 Å². The SMILES string of the molecule is O=C(O)N1CC=C(c2ccc3c(Oc4ccc(NC(=O)C5(C(=O)Nc6ccc(F)cc6)CC5)cc4)ccnc3c2)C1. The number of halogens is 1. The molecule has 10 heteroatoms. The van der Waals surface area contributed by atoms with Crippen molar-refractivity contribution in [1.29, 1.82) is 0 Å². The van der Waals surface area contributed by atoms with Crippen LogP contribution < -0.4 is 15.4 Å². The van der Waals surface area contributed by atoms with Crippen LogP contribution in [-0.4, -0.2) is 46.0 Å². The van der Waals surface area contributed by atoms with Crippen molar-refractivity contribution in [3.63, 3.8) is 0 Å². The van der Waals surface area contributed by atoms with Gasteiger partial charge in [-0.2, -0.15) is 0 Å². The Morgan fingerprint density at radius 3 is 2.17 bits per heavy atom. The number of ether oxygens (including phenoxy) is 1. The van der Waals surface area contributed by atoms with Gasteiger partial charge < -0.3 is 25.4 Å². The number of hydrogen-bond acceptors (Lipinski definition) is 5. The topological polar surface area (TPSA) is 121 Å². The minimum atomic E-state index is -1.15. The van der Waals surface area contributed by atoms with Crippen molar-refractivity contribution in [3.05, 3.63) is 96.4 Å². The Balaban J connectivity index is 1.11. The summed E-state index contributed by atoms with van der Waals surface area (Å²) < 4.78 is 19.3. The van der Waals surface area contributed by atoms with E-state index in [1.807, 2.05) is 24.3 Å². The molecule has 3 amide bonds. The number of rotatable bonds is 7. The molecule has 4 aromatic rings. The maximum atomic E-state index is 13.2. The Morgan fingerprint density at radius 1 is 0.902 bits per heavy atom. The monoisotopic (exact) mass is 552 g/mol. The standard InChI is InChI=1S/C31H25FN4O5/c32-21-2-4-22(5-3-21)34-28(37)31(13-14-31)29(38)35-23-6-8-24(9-7-23)41-27-11-15-33-26-17-19(1-10-25(26)27)20-12-16-36(18-20)30(39)40/h1-12,15,17H,13-14,16,18H2,(H,34,37)(H,35,38)(H,39,40). The zero-order chi connectivity index (χ0) is 28.6. The molecule has 2 aliphatic rings. The van der Waals surface area contributed by atoms with Gasteiger partial charge in [-0.25, -0.2) is 9.18 Å². The highest BCUT2D eigenvalue weighted by Gasteiger charge is 2.56. The smallest absolute Gasteiger partial charge is 0.407 e. The molecule has 1 aliphatic carbocycles. The third-order valence-electron chi connectivity index (χ3n) is 7.32. The van der Waals surface area contributed by atoms with Gasteiger partial charge in [-0.15, -0.1) is 0 Å². The summed E-state index contributed by atoms with van der Waals surface area (Å²) in [4.78, 5) is 42.8. The summed E-state index contributed by atoms with van der Waals surface area (Å²) in [6, 6.07) is 19.7. The lowest BCUT2D eigenvalue weighted by Crippen LogP contribution is -2.35. The van der Waals surface area contributed by atoms with Gasteiger partial charge in [0.25, 0.3) is 0 Å². The number of carbonyl (C=O) groups excluding carboxylic acids is 2. The number of carboxylic acid groups (broad SMARTS) is 1. The number of fused-ring (bicyclic) bond motifs is 1. The Morgan fingerprint density at radius 2 is 1.56 bits per heavy atom. The number of anilines is 2. The molecule has 206 valence electrons. The first kappa shape index (κ1) is 26.0. The normalized spacial score (nSPS) is 15.2. The molecule has 1 aromatic heterocycles. The van der Waals surface area contributed by atoms with Gasteiger partial charge in [0, 0.05) is 36.0 Å². The molecule has 9 nitrogen and oxygen atoms in total. The fraction of sp³-hybridized carbons (Fsp3) is 0.161. The van der Waals surface area contributed by atoms with Crippen molar-refractivity contribution >= 4 is 45.8 Å². The largest absolute Gasteiger partial charge is 0.465 e. The summed E-state index contributed by atoms with van der Waals surface area (Å²) in [6.45, 7) is 0.694. The van der Waals surface area contributed by atoms with Crippen LogP contribution in [0.25, 0.3) is 16.5 Å². The van der Waals surface area contributed by atoms with Crippen molar-refractivity contribution < 1.29 is 28.6 Å². The quantitative estimate of drug-likeness (QED) is 0.246. The molecule has 0 spiro atoms. The number of aromatic nitrogens is 1. The van der Waals surface area contributed by atoms with E-state index in [4.69, 9.17) is 4.74 Å². The highest BCUT2D eigenvalue weighted by Crippen LogP contribution is 2.47. The van der Waals surface area contributed by atoms with Crippen LogP contribution in [0.1, 0.15) is 18.4 Å². The zero-order valence-electron chi connectivity index (χ0n) is 21.8. The van der Waals surface area contributed by atoms with E-state index in [0.717, 1.165) is 16.5 Å². The molecule has 0 saturated heterocycles. The van der Waals surface area contributed by atoms with Crippen LogP contribution >= 0.6 is 0 Å². The first-order valence-corrected chi connectivity index (χ1v) is 13.0. The molecule has 41 heavy (non-hydrogen) atoms. The zero-order valence-corrected chi connectivity index (χ0v) is 21.8. The van der Waals surface area contributed by atoms with Crippen molar-refractivity contribution in [2.75, 3.05) is 23.7 Å². The molecular weight excluding hydrogens is 527 g/mol. The third-order valence-corrected chi connectivity index (χ3v) is 7.32. The summed E-state index contributed by atoms with van der Waals surface area (Å²) in [5.74, 6) is -0.0811. The second kappa shape index (κ2) is 10.4. The first-order chi connectivity index (χ1) is 19.8. The van der Waals surface area contributed by atoms with E-state index in [1.165, 1.54) is 29.2 Å². The number of carbonyl (C=O) groups is 3. The lowest BCUT2D eigenvalue weighted by molar-refractivity contribution is -0.131. The van der Waals surface area contributed by atoms with Crippen LogP contribution in [-0.2, 0) is 9.59 Å². The molecular formula is C31H25FN4O5. The summed E-state index contributed by atoms with van der Waals surface area (Å²) in [5.41, 5.74) is 2.35. The summed E-state index contributed by atoms with van der Waals surface area (Å²) in [6.07, 6.45) is 3.46. The molecule has 3 aromatic carbocycles. The third kappa shape index (κ3) is 5.31. The molecule has 0 radical (unpaired) electrons. The van der Waals surface area contributed by atoms with E-state index in [2.05, 4.69) is 15.6 Å². The van der Waals surface area contributed by atoms with E-state index in [9.17, 15) is 23.9 Å². The number of nitrogens with zero attached hydrogens (tertiary/aromatic N) is 2. The Kier molecular flexibility index (Phi) is 6.58. The number of pyridine rings is 1. The number of amides is 3. The average molecular weight is 553 g/mol. The second-order valence-corrected chi connectivity index (χ2v) is 10.1. The average Bonchev–Trinajstić information content (AvgIpc) is 3.64. The van der Waals surface area contributed by atoms with Gasteiger partial charge in [-0.3, -0.25) is 14.6 Å². The van der Waals surface area contributed by atoms with Crippen molar-refractivity contribution in [2.24, 2.45) is 5.41 Å². The predicted molar refractivity (Wildman–Crippen MR) is 151 cm³/mol. The van der Waals surface area contributed by atoms with Crippen LogP contribution in [0.4, 0.5) is 20.6 Å². The molecule has 0 unspecified atom stereocenters. The molecule has 2 heterocycles. The number of nitrogens with one attached hydrogen (secondary N) is 2. The maximum absolute atomic E-state index is 13.2. The fourth-order valence-electron chi connectivity index (χ4n) is 4.77. The summed E-state index contributed by atoms with van der Waals surface area (Å²) in [5, 5.41) is 15.5. The van der Waals surface area contributed by atoms with Gasteiger partial charge in [0.15, 0.2) is 0 Å². The number of benzene rings is 3. The number of hydrogen-bond donors (Lipinski definition) is 3. The van der Waals surface area contributed by atoms with E-state index in [0.29, 0.717) is 54.3 Å².